The van der Waals surface area contributed by atoms with Crippen molar-refractivity contribution in [2.45, 2.75) is 45.7 Å². The summed E-state index contributed by atoms with van der Waals surface area (Å²) in [6, 6.07) is 21.3. The molecule has 0 spiro atoms. The molecule has 2 atom stereocenters. The largest absolute Gasteiger partial charge is 0.507 e. The first-order valence-corrected chi connectivity index (χ1v) is 13.2. The number of rotatable bonds is 7. The molecule has 6 nitrogen and oxygen atoms in total. The van der Waals surface area contributed by atoms with Crippen molar-refractivity contribution >= 4 is 10.9 Å². The molecule has 1 aromatic heterocycles. The normalized spacial score (nSPS) is 17.1. The zero-order chi connectivity index (χ0) is 25.9. The second-order valence-corrected chi connectivity index (χ2v) is 10.1. The van der Waals surface area contributed by atoms with E-state index < -0.39 is 0 Å². The van der Waals surface area contributed by atoms with E-state index in [1.165, 1.54) is 0 Å². The Labute approximate surface area is 218 Å². The van der Waals surface area contributed by atoms with Crippen LogP contribution in [0.4, 0.5) is 0 Å². The van der Waals surface area contributed by atoms with Crippen molar-refractivity contribution < 1.29 is 9.84 Å². The van der Waals surface area contributed by atoms with Crippen LogP contribution in [0.5, 0.6) is 11.5 Å². The maximum Gasteiger partial charge on any atom is 0.261 e. The number of phenolic OH excluding ortho intramolecular Hbond substituents is 1. The summed E-state index contributed by atoms with van der Waals surface area (Å²) in [4.78, 5) is 21.6. The van der Waals surface area contributed by atoms with E-state index in [1.54, 1.807) is 23.8 Å². The van der Waals surface area contributed by atoms with Crippen molar-refractivity contribution in [3.05, 3.63) is 77.1 Å². The Morgan fingerprint density at radius 3 is 2.68 bits per heavy atom. The third-order valence-corrected chi connectivity index (χ3v) is 7.71. The van der Waals surface area contributed by atoms with Crippen LogP contribution < -0.4 is 10.3 Å². The van der Waals surface area contributed by atoms with Crippen molar-refractivity contribution in [3.8, 4) is 34.0 Å². The van der Waals surface area contributed by atoms with Crippen molar-refractivity contribution in [2.24, 2.45) is 5.92 Å². The fraction of sp³-hybridized carbons (Fsp3) is 0.355. The first-order chi connectivity index (χ1) is 18.0. The maximum absolute atomic E-state index is 14.1. The Balaban J connectivity index is 1.62. The van der Waals surface area contributed by atoms with Crippen molar-refractivity contribution in [2.75, 3.05) is 20.2 Å². The molecular formula is C31H35N3O3. The minimum Gasteiger partial charge on any atom is -0.507 e. The minimum absolute atomic E-state index is 0.0753. The van der Waals surface area contributed by atoms with E-state index in [9.17, 15) is 9.90 Å². The van der Waals surface area contributed by atoms with Gasteiger partial charge in [0.05, 0.1) is 23.6 Å². The van der Waals surface area contributed by atoms with E-state index in [-0.39, 0.29) is 11.3 Å². The average molecular weight is 498 g/mol. The van der Waals surface area contributed by atoms with Gasteiger partial charge in [-0.05, 0) is 86.2 Å². The first-order valence-electron chi connectivity index (χ1n) is 13.2. The predicted octanol–water partition coefficient (Wildman–Crippen LogP) is 5.96. The maximum atomic E-state index is 14.1. The second-order valence-electron chi connectivity index (χ2n) is 10.1. The van der Waals surface area contributed by atoms with Gasteiger partial charge in [-0.2, -0.15) is 0 Å². The van der Waals surface area contributed by atoms with Crippen LogP contribution in [-0.4, -0.2) is 45.8 Å². The Morgan fingerprint density at radius 1 is 1.08 bits per heavy atom. The van der Waals surface area contributed by atoms with Crippen LogP contribution in [-0.2, 0) is 6.54 Å². The number of hydrogen-bond donors (Lipinski definition) is 1. The molecular weight excluding hydrogens is 462 g/mol. The van der Waals surface area contributed by atoms with E-state index in [4.69, 9.17) is 9.72 Å². The molecule has 0 radical (unpaired) electrons. The van der Waals surface area contributed by atoms with Crippen LogP contribution in [0.25, 0.3) is 33.4 Å². The lowest BCUT2D eigenvalue weighted by molar-refractivity contribution is 0.120. The van der Waals surface area contributed by atoms with Gasteiger partial charge in [0.2, 0.25) is 0 Å². The summed E-state index contributed by atoms with van der Waals surface area (Å²) in [6.45, 7) is 7.14. The molecule has 2 heterocycles. The Bertz CT molecular complexity index is 1460. The molecule has 1 saturated heterocycles. The number of ether oxygens (including phenoxy) is 1. The zero-order valence-electron chi connectivity index (χ0n) is 21.9. The second kappa shape index (κ2) is 10.8. The SMILES string of the molecule is CCC(C)N1CCCC(Cn2c(-c3ccccc3O)nc3ccc(-c4cccc(OC)c4)cc3c2=O)C1. The molecule has 1 N–H and O–H groups in total. The molecule has 2 unspecified atom stereocenters. The smallest absolute Gasteiger partial charge is 0.261 e. The highest BCUT2D eigenvalue weighted by molar-refractivity contribution is 5.85. The lowest BCUT2D eigenvalue weighted by atomic mass is 9.96. The molecule has 192 valence electrons. The van der Waals surface area contributed by atoms with Crippen LogP contribution in [0.15, 0.2) is 71.5 Å². The molecule has 0 amide bonds. The van der Waals surface area contributed by atoms with Crippen molar-refractivity contribution in [3.63, 3.8) is 0 Å². The van der Waals surface area contributed by atoms with Crippen molar-refractivity contribution in [1.82, 2.24) is 14.5 Å². The number of methoxy groups -OCH3 is 1. The lowest BCUT2D eigenvalue weighted by Gasteiger charge is -2.37. The quantitative estimate of drug-likeness (QED) is 0.341. The summed E-state index contributed by atoms with van der Waals surface area (Å²) in [5.74, 6) is 1.75. The van der Waals surface area contributed by atoms with E-state index >= 15 is 0 Å². The summed E-state index contributed by atoms with van der Waals surface area (Å²) in [5.41, 5.74) is 3.04. The molecule has 5 rings (SSSR count). The number of phenols is 1. The summed E-state index contributed by atoms with van der Waals surface area (Å²) >= 11 is 0. The number of nitrogens with zero attached hydrogens (tertiary/aromatic N) is 3. The van der Waals surface area contributed by atoms with Gasteiger partial charge in [-0.15, -0.1) is 0 Å². The van der Waals surface area contributed by atoms with Gasteiger partial charge < -0.3 is 14.7 Å². The monoisotopic (exact) mass is 497 g/mol. The Hall–Kier alpha value is -3.64. The molecule has 0 bridgehead atoms. The molecule has 1 fully saturated rings. The van der Waals surface area contributed by atoms with Crippen LogP contribution in [0.2, 0.25) is 0 Å². The fourth-order valence-corrected chi connectivity index (χ4v) is 5.40. The number of aromatic hydroxyl groups is 1. The molecule has 0 saturated carbocycles. The molecule has 6 heteroatoms. The number of likely N-dealkylation sites (tertiary alicyclic amines) is 1. The van der Waals surface area contributed by atoms with Gasteiger partial charge in [0.1, 0.15) is 17.3 Å². The van der Waals surface area contributed by atoms with Crippen LogP contribution in [0, 0.1) is 5.92 Å². The zero-order valence-corrected chi connectivity index (χ0v) is 21.9. The molecule has 4 aromatic rings. The number of para-hydroxylation sites is 1. The predicted molar refractivity (Wildman–Crippen MR) is 149 cm³/mol. The lowest BCUT2D eigenvalue weighted by Crippen LogP contribution is -2.43. The van der Waals surface area contributed by atoms with Gasteiger partial charge in [-0.1, -0.05) is 37.3 Å². The van der Waals surface area contributed by atoms with Crippen LogP contribution >= 0.6 is 0 Å². The highest BCUT2D eigenvalue weighted by Gasteiger charge is 2.25. The van der Waals surface area contributed by atoms with Crippen LogP contribution in [0.3, 0.4) is 0 Å². The summed E-state index contributed by atoms with van der Waals surface area (Å²) < 4.78 is 7.18. The van der Waals surface area contributed by atoms with Gasteiger partial charge in [0.15, 0.2) is 0 Å². The first kappa shape index (κ1) is 25.0. The summed E-state index contributed by atoms with van der Waals surface area (Å²) in [6.07, 6.45) is 3.30. The van der Waals surface area contributed by atoms with E-state index in [0.29, 0.717) is 40.8 Å². The van der Waals surface area contributed by atoms with Gasteiger partial charge in [-0.25, -0.2) is 4.98 Å². The third-order valence-electron chi connectivity index (χ3n) is 7.71. The average Bonchev–Trinajstić information content (AvgIpc) is 2.94. The molecule has 37 heavy (non-hydrogen) atoms. The van der Waals surface area contributed by atoms with Gasteiger partial charge in [-0.3, -0.25) is 9.36 Å². The number of hydrogen-bond acceptors (Lipinski definition) is 5. The van der Waals surface area contributed by atoms with E-state index in [2.05, 4.69) is 18.7 Å². The van der Waals surface area contributed by atoms with Crippen LogP contribution in [0.1, 0.15) is 33.1 Å². The number of fused-ring (bicyclic) bond motifs is 1. The van der Waals surface area contributed by atoms with E-state index in [0.717, 1.165) is 49.2 Å². The highest BCUT2D eigenvalue weighted by atomic mass is 16.5. The van der Waals surface area contributed by atoms with Crippen molar-refractivity contribution in [1.29, 1.82) is 0 Å². The molecule has 3 aromatic carbocycles. The number of aromatic nitrogens is 2. The number of benzene rings is 3. The van der Waals surface area contributed by atoms with Gasteiger partial charge in [0.25, 0.3) is 5.56 Å². The third kappa shape index (κ3) is 5.12. The highest BCUT2D eigenvalue weighted by Crippen LogP contribution is 2.31. The number of piperidine rings is 1. The standard InChI is InChI=1S/C31H35N3O3/c1-4-21(2)33-16-8-9-22(19-33)20-34-30(26-12-5-6-13-29(26)35)32-28-15-14-24(18-27(28)31(34)36)23-10-7-11-25(17-23)37-3/h5-7,10-15,17-18,21-22,35H,4,8-9,16,19-20H2,1-3H3. The molecule has 1 aliphatic rings. The Morgan fingerprint density at radius 2 is 1.89 bits per heavy atom. The summed E-state index contributed by atoms with van der Waals surface area (Å²) in [7, 11) is 1.65. The minimum atomic E-state index is -0.0753. The van der Waals surface area contributed by atoms with E-state index in [1.807, 2.05) is 54.6 Å². The van der Waals surface area contributed by atoms with Gasteiger partial charge in [0, 0.05) is 19.1 Å². The fourth-order valence-electron chi connectivity index (χ4n) is 5.40. The Kier molecular flexibility index (Phi) is 7.28. The molecule has 1 aliphatic heterocycles. The topological polar surface area (TPSA) is 67.6 Å². The molecule has 0 aliphatic carbocycles. The van der Waals surface area contributed by atoms with Gasteiger partial charge >= 0.3 is 0 Å². The summed E-state index contributed by atoms with van der Waals surface area (Å²) in [5, 5.41) is 11.2.